The topological polar surface area (TPSA) is 125 Å². The fraction of sp³-hybridized carbons (Fsp3) is 0.562. The van der Waals surface area contributed by atoms with Crippen LogP contribution in [-0.4, -0.2) is 92.3 Å². The number of anilines is 1. The quantitative estimate of drug-likeness (QED) is 0.341. The number of alkyl halides is 3. The van der Waals surface area contributed by atoms with Crippen LogP contribution >= 0.6 is 11.6 Å². The van der Waals surface area contributed by atoms with E-state index in [-0.39, 0.29) is 41.1 Å². The van der Waals surface area contributed by atoms with E-state index in [4.69, 9.17) is 21.1 Å². The highest BCUT2D eigenvalue weighted by molar-refractivity contribution is 7.89. The van der Waals surface area contributed by atoms with Gasteiger partial charge in [0, 0.05) is 49.8 Å². The van der Waals surface area contributed by atoms with Gasteiger partial charge in [-0.25, -0.2) is 8.42 Å². The molecule has 2 N–H and O–H groups in total. The molecule has 1 aliphatic heterocycles. The molecule has 0 unspecified atom stereocenters. The number of sulfonamides is 1. The van der Waals surface area contributed by atoms with Gasteiger partial charge in [-0.15, -0.1) is 0 Å². The lowest BCUT2D eigenvalue weighted by atomic mass is 10.0. The van der Waals surface area contributed by atoms with E-state index in [1.807, 2.05) is 13.8 Å². The van der Waals surface area contributed by atoms with Crippen molar-refractivity contribution in [2.24, 2.45) is 5.92 Å². The summed E-state index contributed by atoms with van der Waals surface area (Å²) in [6, 6.07) is 9.43. The number of aliphatic hydroxyl groups is 1. The van der Waals surface area contributed by atoms with Crippen molar-refractivity contribution in [3.63, 3.8) is 0 Å². The van der Waals surface area contributed by atoms with E-state index in [2.05, 4.69) is 5.32 Å². The molecule has 0 aromatic heterocycles. The standard InChI is InChI=1S/C32H43ClF3N3O7S/c1-21-18-39(22(2)20-40)31(42)27-17-25(37-30(41)14-15-32(34,35)36)10-13-28(27)46-23(3)7-5-6-16-45-29(21)19-38(4)47(43,44)26-11-8-24(33)9-12-26/h8-13,17,21-23,29,40H,5-7,14-16,18-20H2,1-4H3,(H,37,41)/t21-,22+,23-,29-/m1/s1. The van der Waals surface area contributed by atoms with Crippen LogP contribution in [-0.2, 0) is 19.6 Å². The molecule has 0 radical (unpaired) electrons. The molecular formula is C32H43ClF3N3O7S. The van der Waals surface area contributed by atoms with Gasteiger partial charge in [-0.3, -0.25) is 9.59 Å². The Hall–Kier alpha value is -2.91. The molecule has 262 valence electrons. The molecule has 3 rings (SSSR count). The van der Waals surface area contributed by atoms with E-state index in [1.165, 1.54) is 58.7 Å². The van der Waals surface area contributed by atoms with Crippen molar-refractivity contribution in [3.8, 4) is 5.75 Å². The van der Waals surface area contributed by atoms with Crippen LogP contribution in [0.25, 0.3) is 0 Å². The third-order valence-corrected chi connectivity index (χ3v) is 10.0. The van der Waals surface area contributed by atoms with E-state index < -0.39 is 65.5 Å². The van der Waals surface area contributed by atoms with Gasteiger partial charge in [0.25, 0.3) is 5.91 Å². The molecule has 0 bridgehead atoms. The summed E-state index contributed by atoms with van der Waals surface area (Å²) in [4.78, 5) is 27.9. The summed E-state index contributed by atoms with van der Waals surface area (Å²) in [5, 5.41) is 12.9. The maximum absolute atomic E-state index is 14.2. The number of nitrogens with zero attached hydrogens (tertiary/aromatic N) is 2. The number of carbonyl (C=O) groups is 2. The largest absolute Gasteiger partial charge is 0.490 e. The van der Waals surface area contributed by atoms with E-state index in [9.17, 15) is 36.3 Å². The van der Waals surface area contributed by atoms with Gasteiger partial charge in [-0.1, -0.05) is 18.5 Å². The van der Waals surface area contributed by atoms with E-state index in [0.717, 1.165) is 0 Å². The van der Waals surface area contributed by atoms with Gasteiger partial charge in [0.1, 0.15) is 5.75 Å². The van der Waals surface area contributed by atoms with Crippen LogP contribution in [0.5, 0.6) is 5.75 Å². The Morgan fingerprint density at radius 1 is 1.17 bits per heavy atom. The number of amides is 2. The minimum absolute atomic E-state index is 0.0220. The van der Waals surface area contributed by atoms with Crippen LogP contribution in [0.3, 0.4) is 0 Å². The minimum atomic E-state index is -4.50. The highest BCUT2D eigenvalue weighted by Gasteiger charge is 2.33. The predicted octanol–water partition coefficient (Wildman–Crippen LogP) is 5.74. The normalized spacial score (nSPS) is 21.0. The van der Waals surface area contributed by atoms with Gasteiger partial charge in [0.15, 0.2) is 0 Å². The van der Waals surface area contributed by atoms with Gasteiger partial charge >= 0.3 is 6.18 Å². The maximum atomic E-state index is 14.2. The van der Waals surface area contributed by atoms with Crippen LogP contribution in [0.1, 0.15) is 63.2 Å². The number of fused-ring (bicyclic) bond motifs is 1. The zero-order valence-corrected chi connectivity index (χ0v) is 28.5. The van der Waals surface area contributed by atoms with Gasteiger partial charge in [-0.05, 0) is 75.6 Å². The highest BCUT2D eigenvalue weighted by atomic mass is 35.5. The molecule has 4 atom stereocenters. The highest BCUT2D eigenvalue weighted by Crippen LogP contribution is 2.29. The van der Waals surface area contributed by atoms with Gasteiger partial charge in [0.2, 0.25) is 15.9 Å². The number of halogens is 4. The van der Waals surface area contributed by atoms with Crippen LogP contribution in [0.15, 0.2) is 47.4 Å². The number of aliphatic hydroxyl groups excluding tert-OH is 1. The Bertz CT molecular complexity index is 1460. The number of hydrogen-bond donors (Lipinski definition) is 2. The monoisotopic (exact) mass is 705 g/mol. The average Bonchev–Trinajstić information content (AvgIpc) is 3.01. The SMILES string of the molecule is C[C@@H]1CCCCO[C@H](CN(C)S(=O)(=O)c2ccc(Cl)cc2)[C@H](C)CN([C@@H](C)CO)C(=O)c2cc(NC(=O)CCC(F)(F)F)ccc2O1. The maximum Gasteiger partial charge on any atom is 0.389 e. The zero-order valence-electron chi connectivity index (χ0n) is 26.9. The first-order valence-electron chi connectivity index (χ1n) is 15.4. The number of likely N-dealkylation sites (N-methyl/N-ethyl adjacent to an activating group) is 1. The third-order valence-electron chi connectivity index (χ3n) is 7.93. The molecule has 0 fully saturated rings. The zero-order chi connectivity index (χ0) is 34.9. The molecule has 1 heterocycles. The molecule has 15 heteroatoms. The number of ether oxygens (including phenoxy) is 2. The van der Waals surface area contributed by atoms with Gasteiger partial charge in [-0.2, -0.15) is 17.5 Å². The summed E-state index contributed by atoms with van der Waals surface area (Å²) in [5.41, 5.74) is 0.163. The van der Waals surface area contributed by atoms with Crippen molar-refractivity contribution in [3.05, 3.63) is 53.1 Å². The van der Waals surface area contributed by atoms with Crippen molar-refractivity contribution >= 4 is 39.1 Å². The minimum Gasteiger partial charge on any atom is -0.490 e. The van der Waals surface area contributed by atoms with Crippen LogP contribution in [0.4, 0.5) is 18.9 Å². The summed E-state index contributed by atoms with van der Waals surface area (Å²) in [7, 11) is -2.45. The summed E-state index contributed by atoms with van der Waals surface area (Å²) < 4.78 is 78.2. The number of rotatable bonds is 9. The van der Waals surface area contributed by atoms with E-state index in [0.29, 0.717) is 30.9 Å². The molecular weight excluding hydrogens is 663 g/mol. The second-order valence-corrected chi connectivity index (χ2v) is 14.4. The number of hydrogen-bond acceptors (Lipinski definition) is 7. The molecule has 47 heavy (non-hydrogen) atoms. The smallest absolute Gasteiger partial charge is 0.389 e. The Kier molecular flexibility index (Phi) is 13.9. The van der Waals surface area contributed by atoms with Crippen LogP contribution in [0, 0.1) is 5.92 Å². The lowest BCUT2D eigenvalue weighted by molar-refractivity contribution is -0.142. The first kappa shape index (κ1) is 38.5. The number of nitrogens with one attached hydrogen (secondary N) is 1. The first-order valence-corrected chi connectivity index (χ1v) is 17.3. The summed E-state index contributed by atoms with van der Waals surface area (Å²) >= 11 is 5.94. The fourth-order valence-electron chi connectivity index (χ4n) is 5.08. The van der Waals surface area contributed by atoms with Gasteiger partial charge < -0.3 is 24.8 Å². The molecule has 1 aliphatic rings. The van der Waals surface area contributed by atoms with E-state index in [1.54, 1.807) is 6.92 Å². The van der Waals surface area contributed by atoms with Crippen LogP contribution in [0.2, 0.25) is 5.02 Å². The van der Waals surface area contributed by atoms with Crippen molar-refractivity contribution in [2.45, 2.75) is 82.2 Å². The van der Waals surface area contributed by atoms with Crippen LogP contribution < -0.4 is 10.1 Å². The molecule has 10 nitrogen and oxygen atoms in total. The molecule has 0 saturated carbocycles. The Morgan fingerprint density at radius 2 is 1.85 bits per heavy atom. The summed E-state index contributed by atoms with van der Waals surface area (Å²) in [6.07, 6.45) is -5.55. The Morgan fingerprint density at radius 3 is 2.49 bits per heavy atom. The number of benzene rings is 2. The lowest BCUT2D eigenvalue weighted by Gasteiger charge is -2.35. The van der Waals surface area contributed by atoms with E-state index >= 15 is 0 Å². The fourth-order valence-corrected chi connectivity index (χ4v) is 6.39. The summed E-state index contributed by atoms with van der Waals surface area (Å²) in [6.45, 7) is 5.28. The Balaban J connectivity index is 1.94. The molecule has 0 saturated heterocycles. The second kappa shape index (κ2) is 17.0. The lowest BCUT2D eigenvalue weighted by Crippen LogP contribution is -2.48. The molecule has 2 aromatic rings. The predicted molar refractivity (Wildman–Crippen MR) is 172 cm³/mol. The van der Waals surface area contributed by atoms with Gasteiger partial charge in [0.05, 0.1) is 41.7 Å². The van der Waals surface area contributed by atoms with Crippen molar-refractivity contribution < 1.29 is 45.8 Å². The Labute approximate surface area is 279 Å². The van der Waals surface area contributed by atoms with Crippen molar-refractivity contribution in [1.29, 1.82) is 0 Å². The van der Waals surface area contributed by atoms with Crippen molar-refractivity contribution in [1.82, 2.24) is 9.21 Å². The third kappa shape index (κ3) is 11.3. The molecule has 0 spiro atoms. The second-order valence-electron chi connectivity index (χ2n) is 11.9. The summed E-state index contributed by atoms with van der Waals surface area (Å²) in [5.74, 6) is -1.62. The van der Waals surface area contributed by atoms with Crippen molar-refractivity contribution in [2.75, 3.05) is 38.7 Å². The molecule has 2 amide bonds. The first-order chi connectivity index (χ1) is 22.0. The number of carbonyl (C=O) groups excluding carboxylic acids is 2. The molecule has 2 aromatic carbocycles. The average molecular weight is 706 g/mol. The molecule has 0 aliphatic carbocycles.